The van der Waals surface area contributed by atoms with E-state index in [-0.39, 0.29) is 5.91 Å². The van der Waals surface area contributed by atoms with Gasteiger partial charge in [-0.05, 0) is 48.5 Å². The average molecular weight is 346 g/mol. The van der Waals surface area contributed by atoms with Crippen LogP contribution >= 0.6 is 27.5 Å². The van der Waals surface area contributed by atoms with Gasteiger partial charge in [-0.25, -0.2) is 4.98 Å². The normalized spacial score (nSPS) is 33.4. The van der Waals surface area contributed by atoms with Crippen LogP contribution in [0.1, 0.15) is 38.2 Å². The molecule has 6 heteroatoms. The molecule has 1 aliphatic carbocycles. The van der Waals surface area contributed by atoms with Crippen molar-refractivity contribution in [3.8, 4) is 0 Å². The molecule has 19 heavy (non-hydrogen) atoms. The molecule has 2 heterocycles. The van der Waals surface area contributed by atoms with Crippen LogP contribution in [0.4, 0.5) is 5.82 Å². The minimum atomic E-state index is -0.694. The van der Waals surface area contributed by atoms with Crippen LogP contribution in [0, 0.1) is 0 Å². The Bertz CT molecular complexity index is 564. The number of hydrogen-bond donors (Lipinski definition) is 2. The van der Waals surface area contributed by atoms with E-state index in [0.29, 0.717) is 41.0 Å². The zero-order chi connectivity index (χ0) is 13.8. The molecule has 0 bridgehead atoms. The first-order valence-electron chi connectivity index (χ1n) is 6.24. The quantitative estimate of drug-likeness (QED) is 0.760. The van der Waals surface area contributed by atoms with Crippen LogP contribution < -0.4 is 5.32 Å². The van der Waals surface area contributed by atoms with Crippen LogP contribution in [0.15, 0.2) is 10.7 Å². The number of aromatic nitrogens is 1. The third kappa shape index (κ3) is 1.90. The molecular weight excluding hydrogens is 332 g/mol. The Hall–Kier alpha value is -0.650. The molecule has 0 aromatic carbocycles. The molecule has 1 spiro atoms. The van der Waals surface area contributed by atoms with Crippen molar-refractivity contribution in [2.45, 2.75) is 43.6 Å². The van der Waals surface area contributed by atoms with Gasteiger partial charge in [-0.1, -0.05) is 11.6 Å². The molecule has 0 radical (unpaired) electrons. The van der Waals surface area contributed by atoms with E-state index in [2.05, 4.69) is 26.2 Å². The lowest BCUT2D eigenvalue weighted by molar-refractivity contribution is -0.123. The van der Waals surface area contributed by atoms with E-state index < -0.39 is 11.0 Å². The zero-order valence-corrected chi connectivity index (χ0v) is 12.8. The summed E-state index contributed by atoms with van der Waals surface area (Å²) in [5.74, 6) is 0.505. The summed E-state index contributed by atoms with van der Waals surface area (Å²) in [5.41, 5.74) is -0.546. The predicted octanol–water partition coefficient (Wildman–Crippen LogP) is 3.01. The van der Waals surface area contributed by atoms with Gasteiger partial charge >= 0.3 is 0 Å². The van der Waals surface area contributed by atoms with Crippen molar-refractivity contribution in [2.24, 2.45) is 0 Å². The van der Waals surface area contributed by atoms with Crippen LogP contribution in [0.25, 0.3) is 0 Å². The van der Waals surface area contributed by atoms with E-state index in [1.807, 2.05) is 6.92 Å². The van der Waals surface area contributed by atoms with Crippen molar-refractivity contribution in [1.82, 2.24) is 4.98 Å². The maximum atomic E-state index is 12.4. The zero-order valence-electron chi connectivity index (χ0n) is 10.5. The number of aliphatic hydroxyl groups is 1. The van der Waals surface area contributed by atoms with Gasteiger partial charge in [0.2, 0.25) is 5.91 Å². The van der Waals surface area contributed by atoms with Gasteiger partial charge in [-0.2, -0.15) is 0 Å². The van der Waals surface area contributed by atoms with E-state index >= 15 is 0 Å². The Morgan fingerprint density at radius 2 is 2.05 bits per heavy atom. The second-order valence-electron chi connectivity index (χ2n) is 5.68. The van der Waals surface area contributed by atoms with Gasteiger partial charge < -0.3 is 10.4 Å². The Balaban J connectivity index is 2.10. The van der Waals surface area contributed by atoms with E-state index in [0.717, 1.165) is 5.56 Å². The van der Waals surface area contributed by atoms with Gasteiger partial charge in [0.1, 0.15) is 5.82 Å². The highest BCUT2D eigenvalue weighted by Crippen LogP contribution is 2.52. The fourth-order valence-corrected chi connectivity index (χ4v) is 3.65. The van der Waals surface area contributed by atoms with Crippen molar-refractivity contribution in [1.29, 1.82) is 0 Å². The number of carbonyl (C=O) groups excluding carboxylic acids is 1. The molecule has 1 aromatic heterocycles. The highest BCUT2D eigenvalue weighted by atomic mass is 79.9. The van der Waals surface area contributed by atoms with Crippen molar-refractivity contribution in [3.05, 3.63) is 21.3 Å². The summed E-state index contributed by atoms with van der Waals surface area (Å²) < 4.78 is 0.695. The number of amides is 1. The standard InChI is InChI=1S/C13H14BrClN2O2/c1-12(19)2-4-13(5-3-12)8-9(15)7(14)6-16-10(8)17-11(13)18/h6,19H,2-5H2,1H3,(H,16,17,18). The van der Waals surface area contributed by atoms with Gasteiger partial charge in [-0.3, -0.25) is 4.79 Å². The molecule has 0 atom stereocenters. The molecule has 0 unspecified atom stereocenters. The summed E-state index contributed by atoms with van der Waals surface area (Å²) in [4.78, 5) is 16.6. The second-order valence-corrected chi connectivity index (χ2v) is 6.91. The maximum absolute atomic E-state index is 12.4. The van der Waals surface area contributed by atoms with Crippen molar-refractivity contribution in [2.75, 3.05) is 5.32 Å². The Labute approximate surface area is 124 Å². The molecule has 4 nitrogen and oxygen atoms in total. The maximum Gasteiger partial charge on any atom is 0.236 e. The largest absolute Gasteiger partial charge is 0.390 e. The van der Waals surface area contributed by atoms with E-state index in [9.17, 15) is 9.90 Å². The molecule has 0 saturated heterocycles. The second kappa shape index (κ2) is 4.17. The first-order chi connectivity index (χ1) is 8.86. The fraction of sp³-hybridized carbons (Fsp3) is 0.538. The highest BCUT2D eigenvalue weighted by molar-refractivity contribution is 9.10. The van der Waals surface area contributed by atoms with Crippen LogP contribution in [-0.2, 0) is 10.2 Å². The van der Waals surface area contributed by atoms with Crippen molar-refractivity contribution in [3.63, 3.8) is 0 Å². The number of hydrogen-bond acceptors (Lipinski definition) is 3. The monoisotopic (exact) mass is 344 g/mol. The predicted molar refractivity (Wildman–Crippen MR) is 76.3 cm³/mol. The van der Waals surface area contributed by atoms with Gasteiger partial charge in [0.15, 0.2) is 0 Å². The lowest BCUT2D eigenvalue weighted by atomic mass is 9.66. The molecule has 1 aromatic rings. The number of anilines is 1. The van der Waals surface area contributed by atoms with Crippen molar-refractivity contribution >= 4 is 39.3 Å². The summed E-state index contributed by atoms with van der Waals surface area (Å²) in [6, 6.07) is 0. The topological polar surface area (TPSA) is 62.2 Å². The minimum Gasteiger partial charge on any atom is -0.390 e. The Morgan fingerprint density at radius 3 is 2.68 bits per heavy atom. The molecule has 1 aliphatic heterocycles. The Morgan fingerprint density at radius 1 is 1.42 bits per heavy atom. The van der Waals surface area contributed by atoms with E-state index in [1.54, 1.807) is 6.20 Å². The van der Waals surface area contributed by atoms with Crippen molar-refractivity contribution < 1.29 is 9.90 Å². The summed E-state index contributed by atoms with van der Waals surface area (Å²) in [6.07, 6.45) is 3.96. The third-order valence-electron chi connectivity index (χ3n) is 4.30. The van der Waals surface area contributed by atoms with E-state index in [1.165, 1.54) is 0 Å². The van der Waals surface area contributed by atoms with Gasteiger partial charge in [0, 0.05) is 11.8 Å². The number of pyridine rings is 1. The number of nitrogens with one attached hydrogen (secondary N) is 1. The number of fused-ring (bicyclic) bond motifs is 2. The van der Waals surface area contributed by atoms with E-state index in [4.69, 9.17) is 11.6 Å². The smallest absolute Gasteiger partial charge is 0.236 e. The lowest BCUT2D eigenvalue weighted by Gasteiger charge is -2.39. The first kappa shape index (κ1) is 13.3. The molecule has 2 N–H and O–H groups in total. The molecule has 1 amide bonds. The number of rotatable bonds is 0. The van der Waals surface area contributed by atoms with Gasteiger partial charge in [0.05, 0.1) is 20.5 Å². The molecule has 1 saturated carbocycles. The number of nitrogens with zero attached hydrogens (tertiary/aromatic N) is 1. The Kier molecular flexibility index (Phi) is 2.93. The third-order valence-corrected chi connectivity index (χ3v) is 5.52. The summed E-state index contributed by atoms with van der Waals surface area (Å²) in [6.45, 7) is 1.81. The van der Waals surface area contributed by atoms with Crippen LogP contribution in [-0.4, -0.2) is 21.6 Å². The first-order valence-corrected chi connectivity index (χ1v) is 7.41. The minimum absolute atomic E-state index is 0.0505. The molecule has 1 fully saturated rings. The number of halogens is 2. The summed E-state index contributed by atoms with van der Waals surface area (Å²) >= 11 is 9.71. The van der Waals surface area contributed by atoms with Crippen LogP contribution in [0.3, 0.4) is 0 Å². The molecule has 102 valence electrons. The lowest BCUT2D eigenvalue weighted by Crippen LogP contribution is -2.43. The molecule has 2 aliphatic rings. The fourth-order valence-electron chi connectivity index (χ4n) is 3.03. The van der Waals surface area contributed by atoms with Gasteiger partial charge in [-0.15, -0.1) is 0 Å². The summed E-state index contributed by atoms with van der Waals surface area (Å²) in [5, 5.41) is 13.4. The van der Waals surface area contributed by atoms with Crippen LogP contribution in [0.5, 0.6) is 0 Å². The SMILES string of the molecule is CC1(O)CCC2(CC1)C(=O)Nc1ncc(Br)c(Cl)c12. The molecular formula is C13H14BrClN2O2. The van der Waals surface area contributed by atoms with Gasteiger partial charge in [0.25, 0.3) is 0 Å². The van der Waals surface area contributed by atoms with Crippen LogP contribution in [0.2, 0.25) is 5.02 Å². The summed E-state index contributed by atoms with van der Waals surface area (Å²) in [7, 11) is 0. The highest BCUT2D eigenvalue weighted by Gasteiger charge is 2.52. The molecule has 3 rings (SSSR count). The average Bonchev–Trinajstić information content (AvgIpc) is 2.62. The number of carbonyl (C=O) groups is 1.